The first-order chi connectivity index (χ1) is 13.0. The number of fused-ring (bicyclic) bond motifs is 3. The first-order valence-corrected chi connectivity index (χ1v) is 9.90. The number of hydrogen-bond acceptors (Lipinski definition) is 6. The van der Waals surface area contributed by atoms with Crippen LogP contribution in [0.2, 0.25) is 0 Å². The summed E-state index contributed by atoms with van der Waals surface area (Å²) >= 11 is 1.17. The number of aryl methyl sites for hydroxylation is 2. The number of carbonyl (C=O) groups excluding carboxylic acids is 2. The molecule has 3 aromatic heterocycles. The van der Waals surface area contributed by atoms with Gasteiger partial charge in [0.25, 0.3) is 0 Å². The Bertz CT molecular complexity index is 1160. The number of carbonyl (C=O) groups is 2. The van der Waals surface area contributed by atoms with Gasteiger partial charge in [0.1, 0.15) is 22.2 Å². The molecular formula is C21H23NO5S. The van der Waals surface area contributed by atoms with Gasteiger partial charge in [0.15, 0.2) is 0 Å². The molecule has 0 saturated carbocycles. The lowest BCUT2D eigenvalue weighted by Gasteiger charge is -2.19. The number of pyridine rings is 1. The SMILES string of the molecule is CCOC(=O)c1csc2c(C(=O)OC(C)(C)C)c3c(C)cc(C)cn3c2c1=O. The minimum absolute atomic E-state index is 0.0337. The minimum atomic E-state index is -0.675. The number of esters is 2. The third kappa shape index (κ3) is 3.42. The number of hydrogen-bond donors (Lipinski definition) is 0. The standard InChI is InChI=1S/C21H23NO5S/c1-7-26-19(24)13-10-28-18-14(20(25)27-21(4,5)6)15-12(3)8-11(2)9-22(15)16(18)17(13)23/h8-10H,7H2,1-6H3. The van der Waals surface area contributed by atoms with Crippen molar-refractivity contribution in [1.82, 2.24) is 4.40 Å². The molecule has 0 aliphatic rings. The first kappa shape index (κ1) is 20.1. The highest BCUT2D eigenvalue weighted by atomic mass is 32.1. The van der Waals surface area contributed by atoms with Gasteiger partial charge in [-0.15, -0.1) is 11.3 Å². The summed E-state index contributed by atoms with van der Waals surface area (Å²) in [5, 5.41) is 1.46. The molecule has 3 rings (SSSR count). The molecule has 0 atom stereocenters. The molecule has 0 aliphatic heterocycles. The van der Waals surface area contributed by atoms with Crippen LogP contribution in [0.5, 0.6) is 0 Å². The van der Waals surface area contributed by atoms with Gasteiger partial charge in [-0.25, -0.2) is 9.59 Å². The Labute approximate surface area is 166 Å². The second-order valence-corrected chi connectivity index (χ2v) is 8.55. The second-order valence-electron chi connectivity index (χ2n) is 7.67. The van der Waals surface area contributed by atoms with Crippen molar-refractivity contribution in [2.24, 2.45) is 0 Å². The van der Waals surface area contributed by atoms with Crippen molar-refractivity contribution in [3.8, 4) is 0 Å². The minimum Gasteiger partial charge on any atom is -0.462 e. The molecule has 0 aromatic carbocycles. The maximum atomic E-state index is 13.1. The molecule has 28 heavy (non-hydrogen) atoms. The van der Waals surface area contributed by atoms with E-state index in [1.807, 2.05) is 19.9 Å². The predicted molar refractivity (Wildman–Crippen MR) is 110 cm³/mol. The Hall–Kier alpha value is -2.67. The molecule has 0 amide bonds. The fourth-order valence-corrected chi connectivity index (χ4v) is 4.27. The summed E-state index contributed by atoms with van der Waals surface area (Å²) in [7, 11) is 0. The Balaban J connectivity index is 2.43. The van der Waals surface area contributed by atoms with Crippen LogP contribution in [-0.2, 0) is 9.47 Å². The molecule has 0 fully saturated rings. The lowest BCUT2D eigenvalue weighted by molar-refractivity contribution is 0.00739. The molecule has 3 heterocycles. The molecule has 0 N–H and O–H groups in total. The van der Waals surface area contributed by atoms with Crippen LogP contribution in [0.1, 0.15) is 59.5 Å². The number of rotatable bonds is 3. The Morgan fingerprint density at radius 3 is 2.43 bits per heavy atom. The number of aromatic nitrogens is 1. The average molecular weight is 401 g/mol. The van der Waals surface area contributed by atoms with E-state index in [-0.39, 0.29) is 12.2 Å². The molecule has 148 valence electrons. The lowest BCUT2D eigenvalue weighted by atomic mass is 10.1. The quantitative estimate of drug-likeness (QED) is 0.613. The third-order valence-corrected chi connectivity index (χ3v) is 5.15. The van der Waals surface area contributed by atoms with E-state index in [1.165, 1.54) is 16.7 Å². The summed E-state index contributed by atoms with van der Waals surface area (Å²) < 4.78 is 12.8. The zero-order valence-corrected chi connectivity index (χ0v) is 17.7. The van der Waals surface area contributed by atoms with E-state index < -0.39 is 23.0 Å². The summed E-state index contributed by atoms with van der Waals surface area (Å²) in [5.41, 5.74) is 1.87. The summed E-state index contributed by atoms with van der Waals surface area (Å²) in [4.78, 5) is 38.3. The van der Waals surface area contributed by atoms with Crippen molar-refractivity contribution < 1.29 is 19.1 Å². The average Bonchev–Trinajstić information content (AvgIpc) is 2.89. The van der Waals surface area contributed by atoms with Crippen LogP contribution in [0.15, 0.2) is 22.4 Å². The highest BCUT2D eigenvalue weighted by Gasteiger charge is 2.28. The smallest absolute Gasteiger partial charge is 0.343 e. The van der Waals surface area contributed by atoms with Crippen LogP contribution >= 0.6 is 11.3 Å². The van der Waals surface area contributed by atoms with Gasteiger partial charge in [-0.1, -0.05) is 6.07 Å². The molecule has 0 radical (unpaired) electrons. The molecule has 6 nitrogen and oxygen atoms in total. The van der Waals surface area contributed by atoms with E-state index >= 15 is 0 Å². The molecule has 0 unspecified atom stereocenters. The molecule has 0 aliphatic carbocycles. The normalized spacial score (nSPS) is 11.8. The maximum Gasteiger partial charge on any atom is 0.343 e. The summed E-state index contributed by atoms with van der Waals surface area (Å²) in [6.45, 7) is 11.0. The highest BCUT2D eigenvalue weighted by Crippen LogP contribution is 2.32. The van der Waals surface area contributed by atoms with Crippen molar-refractivity contribution in [1.29, 1.82) is 0 Å². The Morgan fingerprint density at radius 1 is 1.14 bits per heavy atom. The lowest BCUT2D eigenvalue weighted by Crippen LogP contribution is -2.24. The zero-order chi connectivity index (χ0) is 20.8. The van der Waals surface area contributed by atoms with Crippen LogP contribution in [0.25, 0.3) is 15.7 Å². The van der Waals surface area contributed by atoms with Gasteiger partial charge < -0.3 is 13.9 Å². The third-order valence-electron chi connectivity index (χ3n) is 4.16. The fourth-order valence-electron chi connectivity index (χ4n) is 3.23. The highest BCUT2D eigenvalue weighted by molar-refractivity contribution is 7.17. The van der Waals surface area contributed by atoms with Crippen molar-refractivity contribution in [2.45, 2.75) is 47.1 Å². The van der Waals surface area contributed by atoms with E-state index in [1.54, 1.807) is 38.3 Å². The second kappa shape index (κ2) is 7.05. The van der Waals surface area contributed by atoms with Gasteiger partial charge >= 0.3 is 11.9 Å². The van der Waals surface area contributed by atoms with Crippen LogP contribution in [0.3, 0.4) is 0 Å². The van der Waals surface area contributed by atoms with E-state index in [4.69, 9.17) is 9.47 Å². The summed E-state index contributed by atoms with van der Waals surface area (Å²) in [5.74, 6) is -1.16. The van der Waals surface area contributed by atoms with E-state index in [0.29, 0.717) is 21.3 Å². The van der Waals surface area contributed by atoms with Gasteiger partial charge in [-0.2, -0.15) is 0 Å². The largest absolute Gasteiger partial charge is 0.462 e. The molecule has 0 bridgehead atoms. The molecule has 7 heteroatoms. The van der Waals surface area contributed by atoms with Gasteiger partial charge in [-0.3, -0.25) is 4.79 Å². The monoisotopic (exact) mass is 401 g/mol. The van der Waals surface area contributed by atoms with Crippen molar-refractivity contribution in [3.63, 3.8) is 0 Å². The predicted octanol–water partition coefficient (Wildman–Crippen LogP) is 4.26. The summed E-state index contributed by atoms with van der Waals surface area (Å²) in [6, 6.07) is 1.95. The Morgan fingerprint density at radius 2 is 1.82 bits per heavy atom. The van der Waals surface area contributed by atoms with Crippen LogP contribution < -0.4 is 5.43 Å². The topological polar surface area (TPSA) is 74.1 Å². The van der Waals surface area contributed by atoms with E-state index in [9.17, 15) is 14.4 Å². The van der Waals surface area contributed by atoms with Crippen LogP contribution in [0.4, 0.5) is 0 Å². The molecular weight excluding hydrogens is 378 g/mol. The molecule has 3 aromatic rings. The molecule has 0 saturated heterocycles. The van der Waals surface area contributed by atoms with Crippen molar-refractivity contribution >= 4 is 39.0 Å². The zero-order valence-electron chi connectivity index (χ0n) is 16.8. The van der Waals surface area contributed by atoms with E-state index in [0.717, 1.165) is 11.1 Å². The van der Waals surface area contributed by atoms with E-state index in [2.05, 4.69) is 0 Å². The molecule has 0 spiro atoms. The maximum absolute atomic E-state index is 13.1. The number of nitrogens with zero attached hydrogens (tertiary/aromatic N) is 1. The van der Waals surface area contributed by atoms with Crippen molar-refractivity contribution in [3.05, 3.63) is 50.1 Å². The van der Waals surface area contributed by atoms with Gasteiger partial charge in [-0.05, 0) is 52.7 Å². The Kier molecular flexibility index (Phi) is 5.06. The van der Waals surface area contributed by atoms with Crippen molar-refractivity contribution in [2.75, 3.05) is 6.61 Å². The van der Waals surface area contributed by atoms with Crippen LogP contribution in [0, 0.1) is 13.8 Å². The summed E-state index contributed by atoms with van der Waals surface area (Å²) in [6.07, 6.45) is 1.79. The van der Waals surface area contributed by atoms with Gasteiger partial charge in [0.2, 0.25) is 5.43 Å². The fraction of sp³-hybridized carbons (Fsp3) is 0.381. The van der Waals surface area contributed by atoms with Gasteiger partial charge in [0, 0.05) is 11.6 Å². The first-order valence-electron chi connectivity index (χ1n) is 9.02. The number of ether oxygens (including phenoxy) is 2. The van der Waals surface area contributed by atoms with Crippen LogP contribution in [-0.4, -0.2) is 28.5 Å². The van der Waals surface area contributed by atoms with Gasteiger partial charge in [0.05, 0.1) is 16.8 Å².